The van der Waals surface area contributed by atoms with Gasteiger partial charge in [-0.25, -0.2) is 4.79 Å². The number of methoxy groups -OCH3 is 1. The molecule has 0 spiro atoms. The summed E-state index contributed by atoms with van der Waals surface area (Å²) in [7, 11) is 1.61. The number of carboxylic acid groups (broad SMARTS) is 1. The standard InChI is InChI=1S/C15H13ClO4/c1-19-11-4-2-10(3-5-11)9-20-12-6-7-13(15(17)18)14(16)8-12/h2-8H,9H2,1H3,(H,17,18). The molecule has 0 aromatic heterocycles. The Morgan fingerprint density at radius 1 is 1.15 bits per heavy atom. The lowest BCUT2D eigenvalue weighted by Gasteiger charge is -2.08. The Bertz CT molecular complexity index is 608. The third-order valence-electron chi connectivity index (χ3n) is 2.74. The lowest BCUT2D eigenvalue weighted by atomic mass is 10.2. The highest BCUT2D eigenvalue weighted by Crippen LogP contribution is 2.23. The number of ether oxygens (including phenoxy) is 2. The first kappa shape index (κ1) is 14.2. The predicted molar refractivity (Wildman–Crippen MR) is 75.7 cm³/mol. The average molecular weight is 293 g/mol. The molecule has 0 saturated carbocycles. The second kappa shape index (κ2) is 6.30. The average Bonchev–Trinajstić information content (AvgIpc) is 2.45. The van der Waals surface area contributed by atoms with E-state index in [4.69, 9.17) is 26.2 Å². The summed E-state index contributed by atoms with van der Waals surface area (Å²) in [6.45, 7) is 0.368. The molecule has 2 aromatic rings. The molecule has 0 radical (unpaired) electrons. The number of carbonyl (C=O) groups is 1. The summed E-state index contributed by atoms with van der Waals surface area (Å²) in [5.41, 5.74) is 1.03. The van der Waals surface area contributed by atoms with Gasteiger partial charge in [-0.2, -0.15) is 0 Å². The molecule has 0 aliphatic rings. The van der Waals surface area contributed by atoms with Gasteiger partial charge in [-0.1, -0.05) is 23.7 Å². The van der Waals surface area contributed by atoms with Crippen LogP contribution >= 0.6 is 11.6 Å². The molecule has 104 valence electrons. The highest BCUT2D eigenvalue weighted by atomic mass is 35.5. The van der Waals surface area contributed by atoms with Gasteiger partial charge in [0.25, 0.3) is 0 Å². The van der Waals surface area contributed by atoms with Gasteiger partial charge in [0.2, 0.25) is 0 Å². The SMILES string of the molecule is COc1ccc(COc2ccc(C(=O)O)c(Cl)c2)cc1. The number of benzene rings is 2. The van der Waals surface area contributed by atoms with Crippen LogP contribution in [0.5, 0.6) is 11.5 Å². The summed E-state index contributed by atoms with van der Waals surface area (Å²) in [6.07, 6.45) is 0. The summed E-state index contributed by atoms with van der Waals surface area (Å²) in [5, 5.41) is 9.03. The Hall–Kier alpha value is -2.20. The monoisotopic (exact) mass is 292 g/mol. The number of hydrogen-bond donors (Lipinski definition) is 1. The summed E-state index contributed by atoms with van der Waals surface area (Å²) in [4.78, 5) is 10.8. The fourth-order valence-electron chi connectivity index (χ4n) is 1.65. The van der Waals surface area contributed by atoms with Crippen LogP contribution in [0.3, 0.4) is 0 Å². The number of hydrogen-bond acceptors (Lipinski definition) is 3. The molecule has 0 heterocycles. The van der Waals surface area contributed by atoms with Gasteiger partial charge < -0.3 is 14.6 Å². The normalized spacial score (nSPS) is 10.1. The molecular formula is C15H13ClO4. The molecule has 0 saturated heterocycles. The van der Waals surface area contributed by atoms with Crippen LogP contribution < -0.4 is 9.47 Å². The lowest BCUT2D eigenvalue weighted by molar-refractivity contribution is 0.0697. The van der Waals surface area contributed by atoms with Crippen molar-refractivity contribution in [3.8, 4) is 11.5 Å². The number of halogens is 1. The van der Waals surface area contributed by atoms with Crippen LogP contribution in [0.25, 0.3) is 0 Å². The highest BCUT2D eigenvalue weighted by Gasteiger charge is 2.09. The second-order valence-electron chi connectivity index (χ2n) is 4.08. The van der Waals surface area contributed by atoms with Crippen LogP contribution in [0.4, 0.5) is 0 Å². The van der Waals surface area contributed by atoms with Crippen molar-refractivity contribution in [2.24, 2.45) is 0 Å². The molecule has 2 rings (SSSR count). The van der Waals surface area contributed by atoms with Gasteiger partial charge in [0.15, 0.2) is 0 Å². The topological polar surface area (TPSA) is 55.8 Å². The van der Waals surface area contributed by atoms with Crippen LogP contribution in [0.2, 0.25) is 5.02 Å². The maximum Gasteiger partial charge on any atom is 0.337 e. The van der Waals surface area contributed by atoms with E-state index >= 15 is 0 Å². The van der Waals surface area contributed by atoms with Crippen LogP contribution in [-0.2, 0) is 6.61 Å². The van der Waals surface area contributed by atoms with Crippen molar-refractivity contribution in [2.75, 3.05) is 7.11 Å². The maximum absolute atomic E-state index is 10.8. The minimum absolute atomic E-state index is 0.0588. The van der Waals surface area contributed by atoms with Gasteiger partial charge in [0, 0.05) is 0 Å². The summed E-state index contributed by atoms with van der Waals surface area (Å²) >= 11 is 5.87. The van der Waals surface area contributed by atoms with Crippen LogP contribution in [0.1, 0.15) is 15.9 Å². The van der Waals surface area contributed by atoms with Gasteiger partial charge >= 0.3 is 5.97 Å². The van der Waals surface area contributed by atoms with E-state index in [0.29, 0.717) is 12.4 Å². The van der Waals surface area contributed by atoms with E-state index < -0.39 is 5.97 Å². The summed E-state index contributed by atoms with van der Waals surface area (Å²) in [6, 6.07) is 12.0. The van der Waals surface area contributed by atoms with Crippen molar-refractivity contribution >= 4 is 17.6 Å². The maximum atomic E-state index is 10.8. The van der Waals surface area contributed by atoms with E-state index in [1.807, 2.05) is 24.3 Å². The molecule has 0 aliphatic heterocycles. The Labute approximate surface area is 121 Å². The zero-order valence-electron chi connectivity index (χ0n) is 10.8. The van der Waals surface area contributed by atoms with Crippen molar-refractivity contribution in [2.45, 2.75) is 6.61 Å². The fourth-order valence-corrected chi connectivity index (χ4v) is 1.90. The molecule has 0 atom stereocenters. The number of aromatic carboxylic acids is 1. The zero-order chi connectivity index (χ0) is 14.5. The van der Waals surface area contributed by atoms with Crippen LogP contribution in [0.15, 0.2) is 42.5 Å². The first-order chi connectivity index (χ1) is 9.60. The molecule has 4 nitrogen and oxygen atoms in total. The molecule has 0 amide bonds. The Balaban J connectivity index is 2.03. The van der Waals surface area contributed by atoms with E-state index in [1.165, 1.54) is 12.1 Å². The van der Waals surface area contributed by atoms with Crippen molar-refractivity contribution < 1.29 is 19.4 Å². The van der Waals surface area contributed by atoms with E-state index in [-0.39, 0.29) is 10.6 Å². The third-order valence-corrected chi connectivity index (χ3v) is 3.05. The number of carboxylic acids is 1. The van der Waals surface area contributed by atoms with E-state index in [0.717, 1.165) is 11.3 Å². The van der Waals surface area contributed by atoms with Gasteiger partial charge in [-0.05, 0) is 35.9 Å². The van der Waals surface area contributed by atoms with Crippen molar-refractivity contribution in [3.05, 3.63) is 58.6 Å². The van der Waals surface area contributed by atoms with E-state index in [9.17, 15) is 4.79 Å². The van der Waals surface area contributed by atoms with Crippen molar-refractivity contribution in [3.63, 3.8) is 0 Å². The second-order valence-corrected chi connectivity index (χ2v) is 4.49. The first-order valence-electron chi connectivity index (χ1n) is 5.88. The van der Waals surface area contributed by atoms with Gasteiger partial charge in [-0.3, -0.25) is 0 Å². The zero-order valence-corrected chi connectivity index (χ0v) is 11.6. The Morgan fingerprint density at radius 2 is 1.80 bits per heavy atom. The van der Waals surface area contributed by atoms with Crippen LogP contribution in [0, 0.1) is 0 Å². The van der Waals surface area contributed by atoms with E-state index in [1.54, 1.807) is 13.2 Å². The summed E-state index contributed by atoms with van der Waals surface area (Å²) in [5.74, 6) is 0.245. The Kier molecular flexibility index (Phi) is 4.48. The smallest absolute Gasteiger partial charge is 0.337 e. The molecule has 20 heavy (non-hydrogen) atoms. The number of rotatable bonds is 5. The molecule has 1 N–H and O–H groups in total. The largest absolute Gasteiger partial charge is 0.497 e. The minimum Gasteiger partial charge on any atom is -0.497 e. The molecule has 0 unspecified atom stereocenters. The van der Waals surface area contributed by atoms with Crippen molar-refractivity contribution in [1.29, 1.82) is 0 Å². The van der Waals surface area contributed by atoms with Crippen LogP contribution in [-0.4, -0.2) is 18.2 Å². The van der Waals surface area contributed by atoms with Gasteiger partial charge in [-0.15, -0.1) is 0 Å². The molecule has 5 heteroatoms. The quantitative estimate of drug-likeness (QED) is 0.914. The van der Waals surface area contributed by atoms with Gasteiger partial charge in [0.05, 0.1) is 17.7 Å². The third kappa shape index (κ3) is 3.42. The molecule has 2 aromatic carbocycles. The minimum atomic E-state index is -1.06. The Morgan fingerprint density at radius 3 is 2.35 bits per heavy atom. The fraction of sp³-hybridized carbons (Fsp3) is 0.133. The summed E-state index contributed by atoms with van der Waals surface area (Å²) < 4.78 is 10.6. The molecule has 0 bridgehead atoms. The lowest BCUT2D eigenvalue weighted by Crippen LogP contribution is -1.99. The molecule has 0 aliphatic carbocycles. The first-order valence-corrected chi connectivity index (χ1v) is 6.26. The molecule has 0 fully saturated rings. The highest BCUT2D eigenvalue weighted by molar-refractivity contribution is 6.33. The van der Waals surface area contributed by atoms with Crippen molar-refractivity contribution in [1.82, 2.24) is 0 Å². The predicted octanol–water partition coefficient (Wildman–Crippen LogP) is 3.63. The van der Waals surface area contributed by atoms with Gasteiger partial charge in [0.1, 0.15) is 18.1 Å². The van der Waals surface area contributed by atoms with E-state index in [2.05, 4.69) is 0 Å². The molecular weight excluding hydrogens is 280 g/mol.